The van der Waals surface area contributed by atoms with Gasteiger partial charge >= 0.3 is 0 Å². The molecule has 29 heavy (non-hydrogen) atoms. The van der Waals surface area contributed by atoms with Crippen LogP contribution < -0.4 is 14.8 Å². The number of hydrogen-bond acceptors (Lipinski definition) is 5. The second-order valence-corrected chi connectivity index (χ2v) is 8.97. The van der Waals surface area contributed by atoms with Crippen molar-refractivity contribution in [1.82, 2.24) is 10.2 Å². The maximum absolute atomic E-state index is 13.2. The number of β-amino-alcohol motifs (C(OH)–C–C–N with tert-alkyl or cyclic N) is 1. The third-order valence-corrected chi connectivity index (χ3v) is 7.29. The Kier molecular flexibility index (Phi) is 4.46. The number of benzene rings is 1. The van der Waals surface area contributed by atoms with E-state index in [0.29, 0.717) is 30.0 Å². The van der Waals surface area contributed by atoms with E-state index in [4.69, 9.17) is 9.47 Å². The first-order valence-corrected chi connectivity index (χ1v) is 10.7. The second-order valence-electron chi connectivity index (χ2n) is 8.97. The maximum atomic E-state index is 13.2. The van der Waals surface area contributed by atoms with E-state index in [0.717, 1.165) is 38.6 Å². The molecule has 1 saturated heterocycles. The van der Waals surface area contributed by atoms with Gasteiger partial charge < -0.3 is 24.8 Å². The van der Waals surface area contributed by atoms with Crippen molar-refractivity contribution in [2.24, 2.45) is 17.8 Å². The van der Waals surface area contributed by atoms with Crippen molar-refractivity contribution in [3.05, 3.63) is 23.8 Å². The lowest BCUT2D eigenvalue weighted by Crippen LogP contribution is -2.67. The van der Waals surface area contributed by atoms with Crippen molar-refractivity contribution in [2.45, 2.75) is 50.4 Å². The number of aliphatic hydroxyl groups excluding tert-OH is 1. The summed E-state index contributed by atoms with van der Waals surface area (Å²) >= 11 is 0. The Morgan fingerprint density at radius 2 is 2.21 bits per heavy atom. The van der Waals surface area contributed by atoms with Crippen molar-refractivity contribution in [1.29, 1.82) is 0 Å². The van der Waals surface area contributed by atoms with Gasteiger partial charge in [-0.05, 0) is 50.2 Å². The van der Waals surface area contributed by atoms with Gasteiger partial charge in [-0.3, -0.25) is 9.59 Å². The highest BCUT2D eigenvalue weighted by Gasteiger charge is 2.57. The number of carbonyl (C=O) groups excluding carboxylic acids is 2. The third kappa shape index (κ3) is 3.06. The molecule has 3 aliphatic carbocycles. The van der Waals surface area contributed by atoms with Crippen molar-refractivity contribution in [3.8, 4) is 11.5 Å². The van der Waals surface area contributed by atoms with Gasteiger partial charge in [0.1, 0.15) is 11.5 Å². The fourth-order valence-corrected chi connectivity index (χ4v) is 5.81. The number of ether oxygens (including phenoxy) is 2. The number of fused-ring (bicyclic) bond motifs is 3. The number of piperidine rings is 1. The zero-order valence-corrected chi connectivity index (χ0v) is 16.7. The number of amides is 2. The summed E-state index contributed by atoms with van der Waals surface area (Å²) in [4.78, 5) is 27.8. The van der Waals surface area contributed by atoms with Crippen molar-refractivity contribution in [3.63, 3.8) is 0 Å². The summed E-state index contributed by atoms with van der Waals surface area (Å²) in [6, 6.07) is 5.26. The van der Waals surface area contributed by atoms with E-state index in [1.807, 2.05) is 4.90 Å². The first-order valence-electron chi connectivity index (χ1n) is 10.7. The number of nitrogens with one attached hydrogen (secondary N) is 1. The summed E-state index contributed by atoms with van der Waals surface area (Å²) in [6.45, 7) is 1.17. The topological polar surface area (TPSA) is 88.1 Å². The summed E-state index contributed by atoms with van der Waals surface area (Å²) in [5.74, 6) is 1.49. The summed E-state index contributed by atoms with van der Waals surface area (Å²) < 4.78 is 11.7. The molecule has 156 valence electrons. The van der Waals surface area contributed by atoms with Crippen molar-refractivity contribution >= 4 is 11.8 Å². The lowest BCUT2D eigenvalue weighted by Gasteiger charge is -2.55. The van der Waals surface area contributed by atoms with Crippen LogP contribution in [-0.4, -0.2) is 53.8 Å². The molecule has 2 amide bonds. The molecule has 7 nitrogen and oxygen atoms in total. The number of aliphatic hydroxyl groups is 1. The van der Waals surface area contributed by atoms with Gasteiger partial charge in [-0.15, -0.1) is 0 Å². The minimum atomic E-state index is -0.739. The van der Waals surface area contributed by atoms with Gasteiger partial charge in [-0.1, -0.05) is 0 Å². The van der Waals surface area contributed by atoms with E-state index in [-0.39, 0.29) is 29.6 Å². The fourth-order valence-electron chi connectivity index (χ4n) is 5.81. The Hall–Kier alpha value is -2.28. The molecule has 1 aromatic rings. The molecule has 2 N–H and O–H groups in total. The van der Waals surface area contributed by atoms with Gasteiger partial charge in [0.25, 0.3) is 5.91 Å². The van der Waals surface area contributed by atoms with Crippen LogP contribution in [0.1, 0.15) is 48.9 Å². The molecule has 2 aliphatic heterocycles. The molecule has 5 aliphatic rings. The number of likely N-dealkylation sites (tertiary alicyclic amines) is 1. The van der Waals surface area contributed by atoms with Crippen LogP contribution >= 0.6 is 0 Å². The quantitative estimate of drug-likeness (QED) is 0.792. The molecule has 1 spiro atoms. The van der Waals surface area contributed by atoms with Gasteiger partial charge in [0.05, 0.1) is 18.8 Å². The van der Waals surface area contributed by atoms with Crippen LogP contribution in [0.5, 0.6) is 11.5 Å². The average Bonchev–Trinajstić information content (AvgIpc) is 2.73. The predicted molar refractivity (Wildman–Crippen MR) is 105 cm³/mol. The zero-order valence-electron chi connectivity index (χ0n) is 16.7. The van der Waals surface area contributed by atoms with Crippen LogP contribution in [0.3, 0.4) is 0 Å². The summed E-state index contributed by atoms with van der Waals surface area (Å²) in [6.07, 6.45) is 4.50. The Bertz CT molecular complexity index is 842. The molecule has 6 rings (SSSR count). The number of hydrogen-bond donors (Lipinski definition) is 2. The molecule has 1 aromatic carbocycles. The largest absolute Gasteiger partial charge is 0.497 e. The highest BCUT2D eigenvalue weighted by molar-refractivity contribution is 5.98. The Morgan fingerprint density at radius 3 is 2.93 bits per heavy atom. The first-order chi connectivity index (χ1) is 14.0. The molecule has 2 bridgehead atoms. The average molecular weight is 400 g/mol. The minimum Gasteiger partial charge on any atom is -0.497 e. The van der Waals surface area contributed by atoms with Gasteiger partial charge in [0, 0.05) is 37.4 Å². The Morgan fingerprint density at radius 1 is 1.34 bits per heavy atom. The van der Waals surface area contributed by atoms with Crippen LogP contribution in [0.25, 0.3) is 0 Å². The van der Waals surface area contributed by atoms with E-state index in [9.17, 15) is 14.7 Å². The van der Waals surface area contributed by atoms with Crippen LogP contribution in [0.15, 0.2) is 18.2 Å². The molecule has 0 aromatic heterocycles. The van der Waals surface area contributed by atoms with E-state index in [2.05, 4.69) is 5.32 Å². The van der Waals surface area contributed by atoms with E-state index in [1.54, 1.807) is 25.3 Å². The number of rotatable bonds is 2. The van der Waals surface area contributed by atoms with E-state index >= 15 is 0 Å². The molecule has 7 heteroatoms. The molecule has 0 radical (unpaired) electrons. The van der Waals surface area contributed by atoms with Crippen molar-refractivity contribution in [2.75, 3.05) is 20.2 Å². The van der Waals surface area contributed by atoms with Crippen LogP contribution in [0.4, 0.5) is 0 Å². The molecule has 5 unspecified atom stereocenters. The monoisotopic (exact) mass is 400 g/mol. The Balaban J connectivity index is 1.37. The smallest absolute Gasteiger partial charge is 0.258 e. The van der Waals surface area contributed by atoms with Crippen LogP contribution in [0, 0.1) is 17.8 Å². The summed E-state index contributed by atoms with van der Waals surface area (Å²) in [5.41, 5.74) is -0.217. The van der Waals surface area contributed by atoms with E-state index < -0.39 is 11.8 Å². The standard InChI is InChI=1S/C22H28N2O5/c1-28-16-6-7-17-19(10-16)29-22(23-20(17)26)11-13-4-5-14(22)9-18(13)21(27)24-8-2-3-15(25)12-24/h6-7,10,13-15,18,25H,2-5,8-9,11-12H2,1H3,(H,23,26). The predicted octanol–water partition coefficient (Wildman–Crippen LogP) is 1.93. The molecular formula is C22H28N2O5. The molecule has 3 saturated carbocycles. The minimum absolute atomic E-state index is 0.0446. The third-order valence-electron chi connectivity index (χ3n) is 7.29. The highest BCUT2D eigenvalue weighted by Crippen LogP contribution is 2.53. The Labute approximate surface area is 170 Å². The molecule has 5 atom stereocenters. The fraction of sp³-hybridized carbons (Fsp3) is 0.636. The lowest BCUT2D eigenvalue weighted by molar-refractivity contribution is -0.157. The van der Waals surface area contributed by atoms with Gasteiger partial charge in [0.2, 0.25) is 5.91 Å². The zero-order chi connectivity index (χ0) is 20.2. The molecular weight excluding hydrogens is 372 g/mol. The first kappa shape index (κ1) is 18.7. The SMILES string of the molecule is COc1ccc2c(c1)OC1(CC3CCC1CC3C(=O)N1CCCC(O)C1)NC2=O. The summed E-state index contributed by atoms with van der Waals surface area (Å²) in [5, 5.41) is 13.1. The maximum Gasteiger partial charge on any atom is 0.258 e. The van der Waals surface area contributed by atoms with Crippen LogP contribution in [0.2, 0.25) is 0 Å². The van der Waals surface area contributed by atoms with Crippen molar-refractivity contribution < 1.29 is 24.2 Å². The number of carbonyl (C=O) groups is 2. The normalized spacial score (nSPS) is 35.7. The van der Waals surface area contributed by atoms with Crippen LogP contribution in [-0.2, 0) is 4.79 Å². The lowest BCUT2D eigenvalue weighted by atomic mass is 9.59. The van der Waals surface area contributed by atoms with Gasteiger partial charge in [-0.2, -0.15) is 0 Å². The molecule has 4 fully saturated rings. The number of nitrogens with zero attached hydrogens (tertiary/aromatic N) is 1. The molecule has 2 heterocycles. The van der Waals surface area contributed by atoms with Gasteiger partial charge in [-0.25, -0.2) is 0 Å². The summed E-state index contributed by atoms with van der Waals surface area (Å²) in [7, 11) is 1.59. The van der Waals surface area contributed by atoms with E-state index in [1.165, 1.54) is 0 Å². The highest BCUT2D eigenvalue weighted by atomic mass is 16.5. The van der Waals surface area contributed by atoms with Gasteiger partial charge in [0.15, 0.2) is 5.72 Å². The number of methoxy groups -OCH3 is 1. The second kappa shape index (κ2) is 6.90.